The van der Waals surface area contributed by atoms with Crippen molar-refractivity contribution in [3.8, 4) is 0 Å². The summed E-state index contributed by atoms with van der Waals surface area (Å²) >= 11 is 1.16. The number of aryl methyl sites for hydroxylation is 1. The van der Waals surface area contributed by atoms with E-state index in [0.29, 0.717) is 23.7 Å². The fourth-order valence-electron chi connectivity index (χ4n) is 1.63. The smallest absolute Gasteiger partial charge is 0.344 e. The second kappa shape index (κ2) is 6.85. The maximum Gasteiger partial charge on any atom is 0.344 e. The molecule has 2 rings (SSSR count). The first kappa shape index (κ1) is 14.3. The van der Waals surface area contributed by atoms with Crippen LogP contribution in [0.1, 0.15) is 29.5 Å². The number of hydrogen-bond donors (Lipinski definition) is 3. The highest BCUT2D eigenvalue weighted by atomic mass is 32.1. The first-order chi connectivity index (χ1) is 9.72. The molecule has 0 saturated carbocycles. The van der Waals surface area contributed by atoms with Gasteiger partial charge in [0, 0.05) is 13.0 Å². The summed E-state index contributed by atoms with van der Waals surface area (Å²) in [5, 5.41) is 10.4. The molecular weight excluding hydrogens is 280 g/mol. The van der Waals surface area contributed by atoms with Gasteiger partial charge in [-0.3, -0.25) is 5.10 Å². The lowest BCUT2D eigenvalue weighted by Gasteiger charge is -2.06. The van der Waals surface area contributed by atoms with Gasteiger partial charge in [0.25, 0.3) is 0 Å². The van der Waals surface area contributed by atoms with Crippen molar-refractivity contribution >= 4 is 28.3 Å². The molecule has 4 N–H and O–H groups in total. The third-order valence-electron chi connectivity index (χ3n) is 2.54. The summed E-state index contributed by atoms with van der Waals surface area (Å²) in [7, 11) is 0. The molecule has 0 atom stereocenters. The molecule has 2 aromatic heterocycles. The van der Waals surface area contributed by atoms with E-state index in [9.17, 15) is 4.79 Å². The van der Waals surface area contributed by atoms with E-state index in [1.807, 2.05) is 0 Å². The molecule has 0 radical (unpaired) electrons. The van der Waals surface area contributed by atoms with Gasteiger partial charge in [-0.25, -0.2) is 9.78 Å². The van der Waals surface area contributed by atoms with Gasteiger partial charge in [0.2, 0.25) is 0 Å². The van der Waals surface area contributed by atoms with Crippen molar-refractivity contribution in [3.63, 3.8) is 0 Å². The predicted molar refractivity (Wildman–Crippen MR) is 75.7 cm³/mol. The van der Waals surface area contributed by atoms with Gasteiger partial charge in [-0.2, -0.15) is 9.47 Å². The molecule has 0 bridgehead atoms. The van der Waals surface area contributed by atoms with E-state index in [0.717, 1.165) is 30.2 Å². The molecule has 0 aliphatic heterocycles. The monoisotopic (exact) mass is 296 g/mol. The maximum absolute atomic E-state index is 11.8. The van der Waals surface area contributed by atoms with Gasteiger partial charge >= 0.3 is 5.97 Å². The average Bonchev–Trinajstić information content (AvgIpc) is 3.05. The number of rotatable bonds is 7. The van der Waals surface area contributed by atoms with Gasteiger partial charge < -0.3 is 15.8 Å². The number of anilines is 2. The van der Waals surface area contributed by atoms with Crippen molar-refractivity contribution in [3.05, 3.63) is 17.7 Å². The highest BCUT2D eigenvalue weighted by Crippen LogP contribution is 2.27. The second-order valence-electron chi connectivity index (χ2n) is 3.95. The number of H-pyrrole nitrogens is 1. The van der Waals surface area contributed by atoms with Crippen LogP contribution in [0.2, 0.25) is 0 Å². The van der Waals surface area contributed by atoms with Crippen LogP contribution in [0.15, 0.2) is 6.33 Å². The van der Waals surface area contributed by atoms with E-state index in [2.05, 4.69) is 24.9 Å². The Hall–Kier alpha value is -2.16. The largest absolute Gasteiger partial charge is 0.462 e. The van der Waals surface area contributed by atoms with Crippen molar-refractivity contribution in [2.45, 2.75) is 19.8 Å². The van der Waals surface area contributed by atoms with Crippen molar-refractivity contribution in [1.82, 2.24) is 19.6 Å². The number of hydrogen-bond acceptors (Lipinski definition) is 8. The van der Waals surface area contributed by atoms with Crippen LogP contribution in [-0.2, 0) is 11.2 Å². The van der Waals surface area contributed by atoms with Crippen molar-refractivity contribution in [2.75, 3.05) is 24.2 Å². The molecule has 0 spiro atoms. The molecule has 8 nitrogen and oxygen atoms in total. The van der Waals surface area contributed by atoms with Crippen LogP contribution < -0.4 is 11.1 Å². The lowest BCUT2D eigenvalue weighted by Crippen LogP contribution is -2.11. The lowest BCUT2D eigenvalue weighted by atomic mass is 10.3. The minimum Gasteiger partial charge on any atom is -0.462 e. The van der Waals surface area contributed by atoms with E-state index < -0.39 is 5.97 Å². The number of nitrogens with one attached hydrogen (secondary N) is 2. The first-order valence-electron chi connectivity index (χ1n) is 6.22. The SMILES string of the molecule is CCOC(=O)c1c(N)nsc1NCCCc1ncn[nH]1. The van der Waals surface area contributed by atoms with Gasteiger partial charge in [-0.05, 0) is 24.9 Å². The molecule has 108 valence electrons. The van der Waals surface area contributed by atoms with Crippen molar-refractivity contribution < 1.29 is 9.53 Å². The first-order valence-corrected chi connectivity index (χ1v) is 7.00. The summed E-state index contributed by atoms with van der Waals surface area (Å²) in [6.07, 6.45) is 3.09. The van der Waals surface area contributed by atoms with Crippen LogP contribution in [-0.4, -0.2) is 38.7 Å². The van der Waals surface area contributed by atoms with E-state index in [1.54, 1.807) is 6.92 Å². The predicted octanol–water partition coefficient (Wildman–Crippen LogP) is 1.06. The summed E-state index contributed by atoms with van der Waals surface area (Å²) in [5.41, 5.74) is 6.01. The Labute approximate surface area is 119 Å². The minimum atomic E-state index is -0.448. The van der Waals surface area contributed by atoms with Gasteiger partial charge in [-0.15, -0.1) is 0 Å². The molecule has 0 unspecified atom stereocenters. The normalized spacial score (nSPS) is 10.4. The number of esters is 1. The Morgan fingerprint density at radius 1 is 1.60 bits per heavy atom. The molecule has 20 heavy (non-hydrogen) atoms. The van der Waals surface area contributed by atoms with E-state index in [4.69, 9.17) is 10.5 Å². The lowest BCUT2D eigenvalue weighted by molar-refractivity contribution is 0.0529. The van der Waals surface area contributed by atoms with Crippen LogP contribution in [0.4, 0.5) is 10.8 Å². The molecule has 9 heteroatoms. The number of aromatic amines is 1. The number of nitrogens with two attached hydrogens (primary N) is 1. The van der Waals surface area contributed by atoms with E-state index >= 15 is 0 Å². The van der Waals surface area contributed by atoms with E-state index in [-0.39, 0.29) is 5.82 Å². The van der Waals surface area contributed by atoms with Crippen molar-refractivity contribution in [2.24, 2.45) is 0 Å². The highest BCUT2D eigenvalue weighted by Gasteiger charge is 2.20. The molecule has 2 aromatic rings. The van der Waals surface area contributed by atoms with Gasteiger partial charge in [0.15, 0.2) is 5.82 Å². The fraction of sp³-hybridized carbons (Fsp3) is 0.455. The molecule has 0 aromatic carbocycles. The number of nitrogen functional groups attached to an aromatic ring is 1. The number of aromatic nitrogens is 4. The summed E-state index contributed by atoms with van der Waals surface area (Å²) < 4.78 is 8.93. The Bertz CT molecular complexity index is 553. The Morgan fingerprint density at radius 3 is 3.15 bits per heavy atom. The zero-order valence-corrected chi connectivity index (χ0v) is 11.9. The molecule has 2 heterocycles. The van der Waals surface area contributed by atoms with Crippen LogP contribution in [0.5, 0.6) is 0 Å². The quantitative estimate of drug-likeness (QED) is 0.516. The Kier molecular flexibility index (Phi) is 4.88. The molecule has 0 amide bonds. The summed E-state index contributed by atoms with van der Waals surface area (Å²) in [4.78, 5) is 15.8. The number of carbonyl (C=O) groups is 1. The third kappa shape index (κ3) is 3.44. The fourth-order valence-corrected chi connectivity index (χ4v) is 2.36. The van der Waals surface area contributed by atoms with Crippen LogP contribution in [0.25, 0.3) is 0 Å². The molecule has 0 aliphatic carbocycles. The van der Waals surface area contributed by atoms with Crippen LogP contribution in [0.3, 0.4) is 0 Å². The number of nitrogens with zero attached hydrogens (tertiary/aromatic N) is 3. The van der Waals surface area contributed by atoms with Gasteiger partial charge in [-0.1, -0.05) is 0 Å². The average molecular weight is 296 g/mol. The van der Waals surface area contributed by atoms with Crippen LogP contribution >= 0.6 is 11.5 Å². The van der Waals surface area contributed by atoms with Gasteiger partial charge in [0.1, 0.15) is 22.7 Å². The zero-order valence-electron chi connectivity index (χ0n) is 11.0. The zero-order chi connectivity index (χ0) is 14.4. The highest BCUT2D eigenvalue weighted by molar-refractivity contribution is 7.11. The Balaban J connectivity index is 1.88. The topological polar surface area (TPSA) is 119 Å². The molecule has 0 fully saturated rings. The van der Waals surface area contributed by atoms with E-state index in [1.165, 1.54) is 6.33 Å². The third-order valence-corrected chi connectivity index (χ3v) is 3.36. The molecular formula is C11H16N6O2S. The number of ether oxygens (including phenoxy) is 1. The maximum atomic E-state index is 11.8. The minimum absolute atomic E-state index is 0.200. The summed E-state index contributed by atoms with van der Waals surface area (Å²) in [5.74, 6) is 0.587. The van der Waals surface area contributed by atoms with Crippen LogP contribution in [0, 0.1) is 0 Å². The summed E-state index contributed by atoms with van der Waals surface area (Å²) in [6, 6.07) is 0. The van der Waals surface area contributed by atoms with Crippen molar-refractivity contribution in [1.29, 1.82) is 0 Å². The number of carbonyl (C=O) groups excluding carboxylic acids is 1. The second-order valence-corrected chi connectivity index (χ2v) is 4.73. The molecule has 0 aliphatic rings. The van der Waals surface area contributed by atoms with Gasteiger partial charge in [0.05, 0.1) is 6.61 Å². The summed E-state index contributed by atoms with van der Waals surface area (Å²) in [6.45, 7) is 2.73. The molecule has 0 saturated heterocycles. The Morgan fingerprint density at radius 2 is 2.45 bits per heavy atom. The standard InChI is InChI=1S/C11H16N6O2S/c1-2-19-11(18)8-9(12)17-20-10(8)13-5-3-4-7-14-6-15-16-7/h6,13H,2-5H2,1H3,(H2,12,17)(H,14,15,16).